The van der Waals surface area contributed by atoms with Crippen LogP contribution in [-0.4, -0.2) is 9.78 Å². The van der Waals surface area contributed by atoms with Crippen LogP contribution in [0, 0.1) is 0 Å². The van der Waals surface area contributed by atoms with Crippen LogP contribution >= 0.6 is 0 Å². The molecule has 0 aliphatic carbocycles. The van der Waals surface area contributed by atoms with Gasteiger partial charge in [-0.15, -0.1) is 0 Å². The van der Waals surface area contributed by atoms with E-state index < -0.39 is 0 Å². The molecule has 0 saturated carbocycles. The van der Waals surface area contributed by atoms with Gasteiger partial charge in [0.05, 0.1) is 11.4 Å². The summed E-state index contributed by atoms with van der Waals surface area (Å²) in [5, 5.41) is 4.34. The van der Waals surface area contributed by atoms with Crippen molar-refractivity contribution in [3.05, 3.63) is 41.6 Å². The molecule has 1 aromatic carbocycles. The van der Waals surface area contributed by atoms with Crippen LogP contribution in [0.15, 0.2) is 30.3 Å². The van der Waals surface area contributed by atoms with E-state index in [9.17, 15) is 0 Å². The van der Waals surface area contributed by atoms with Gasteiger partial charge in [0.25, 0.3) is 0 Å². The smallest absolute Gasteiger partial charge is 0.0766 e. The lowest BCUT2D eigenvalue weighted by atomic mass is 10.1. The Morgan fingerprint density at radius 2 is 1.94 bits per heavy atom. The lowest BCUT2D eigenvalue weighted by molar-refractivity contribution is 0.749. The van der Waals surface area contributed by atoms with Crippen molar-refractivity contribution in [1.82, 2.24) is 9.78 Å². The van der Waals surface area contributed by atoms with Gasteiger partial charge in [-0.1, -0.05) is 31.2 Å². The summed E-state index contributed by atoms with van der Waals surface area (Å²) >= 11 is 0. The Morgan fingerprint density at radius 3 is 2.44 bits per heavy atom. The molecule has 3 nitrogen and oxygen atoms in total. The molecule has 2 rings (SSSR count). The Kier molecular flexibility index (Phi) is 3.06. The molecule has 0 atom stereocenters. The van der Waals surface area contributed by atoms with Crippen molar-refractivity contribution >= 4 is 0 Å². The molecule has 0 radical (unpaired) electrons. The predicted molar refractivity (Wildman–Crippen MR) is 65.9 cm³/mol. The monoisotopic (exact) mass is 215 g/mol. The first kappa shape index (κ1) is 10.9. The van der Waals surface area contributed by atoms with Gasteiger partial charge in [-0.05, 0) is 23.6 Å². The molecule has 0 unspecified atom stereocenters. The summed E-state index contributed by atoms with van der Waals surface area (Å²) in [7, 11) is 1.95. The van der Waals surface area contributed by atoms with Crippen molar-refractivity contribution in [2.24, 2.45) is 12.8 Å². The maximum Gasteiger partial charge on any atom is 0.0766 e. The van der Waals surface area contributed by atoms with E-state index in [1.54, 1.807) is 0 Å². The van der Waals surface area contributed by atoms with Gasteiger partial charge in [-0.2, -0.15) is 5.10 Å². The molecule has 0 aliphatic rings. The second-order valence-corrected chi connectivity index (χ2v) is 3.90. The molecular formula is C13H17N3. The fourth-order valence-electron chi connectivity index (χ4n) is 1.81. The normalized spacial score (nSPS) is 10.7. The summed E-state index contributed by atoms with van der Waals surface area (Å²) in [4.78, 5) is 0. The zero-order valence-electron chi connectivity index (χ0n) is 9.77. The standard InChI is InChI=1S/C13H17N3/c1-3-10-4-6-11(7-5-10)13-8-12(9-14)15-16(13)2/h4-8H,3,9,14H2,1-2H3. The quantitative estimate of drug-likeness (QED) is 0.852. The maximum absolute atomic E-state index is 5.58. The third kappa shape index (κ3) is 1.99. The van der Waals surface area contributed by atoms with Crippen LogP contribution < -0.4 is 5.73 Å². The summed E-state index contributed by atoms with van der Waals surface area (Å²) < 4.78 is 1.88. The second kappa shape index (κ2) is 4.49. The summed E-state index contributed by atoms with van der Waals surface area (Å²) in [6.45, 7) is 2.65. The zero-order valence-corrected chi connectivity index (χ0v) is 9.77. The van der Waals surface area contributed by atoms with Crippen molar-refractivity contribution in [3.8, 4) is 11.3 Å². The molecule has 0 fully saturated rings. The van der Waals surface area contributed by atoms with Gasteiger partial charge in [0.15, 0.2) is 0 Å². The SMILES string of the molecule is CCc1ccc(-c2cc(CN)nn2C)cc1. The van der Waals surface area contributed by atoms with Crippen LogP contribution in [0.1, 0.15) is 18.2 Å². The minimum absolute atomic E-state index is 0.487. The van der Waals surface area contributed by atoms with Gasteiger partial charge < -0.3 is 5.73 Å². The van der Waals surface area contributed by atoms with Crippen LogP contribution in [0.5, 0.6) is 0 Å². The fraction of sp³-hybridized carbons (Fsp3) is 0.308. The highest BCUT2D eigenvalue weighted by molar-refractivity contribution is 5.60. The third-order valence-electron chi connectivity index (χ3n) is 2.80. The van der Waals surface area contributed by atoms with Gasteiger partial charge in [0.2, 0.25) is 0 Å². The molecule has 0 amide bonds. The van der Waals surface area contributed by atoms with Crippen LogP contribution in [0.2, 0.25) is 0 Å². The van der Waals surface area contributed by atoms with Gasteiger partial charge in [-0.3, -0.25) is 4.68 Å². The van der Waals surface area contributed by atoms with Crippen LogP contribution in [-0.2, 0) is 20.0 Å². The van der Waals surface area contributed by atoms with E-state index in [0.29, 0.717) is 6.54 Å². The van der Waals surface area contributed by atoms with E-state index in [-0.39, 0.29) is 0 Å². The molecule has 1 aromatic heterocycles. The first-order valence-electron chi connectivity index (χ1n) is 5.57. The Bertz CT molecular complexity index is 468. The van der Waals surface area contributed by atoms with E-state index >= 15 is 0 Å². The number of aryl methyl sites for hydroxylation is 2. The number of nitrogens with zero attached hydrogens (tertiary/aromatic N) is 2. The van der Waals surface area contributed by atoms with E-state index in [2.05, 4.69) is 36.3 Å². The summed E-state index contributed by atoms with van der Waals surface area (Å²) in [5.41, 5.74) is 10.2. The molecule has 1 heterocycles. The molecular weight excluding hydrogens is 198 g/mol. The van der Waals surface area contributed by atoms with E-state index in [0.717, 1.165) is 17.8 Å². The van der Waals surface area contributed by atoms with E-state index in [1.807, 2.05) is 17.8 Å². The van der Waals surface area contributed by atoms with Crippen molar-refractivity contribution in [3.63, 3.8) is 0 Å². The Balaban J connectivity index is 2.38. The summed E-state index contributed by atoms with van der Waals surface area (Å²) in [6.07, 6.45) is 1.07. The van der Waals surface area contributed by atoms with Gasteiger partial charge >= 0.3 is 0 Å². The number of rotatable bonds is 3. The minimum Gasteiger partial charge on any atom is -0.325 e. The van der Waals surface area contributed by atoms with Crippen LogP contribution in [0.25, 0.3) is 11.3 Å². The summed E-state index contributed by atoms with van der Waals surface area (Å²) in [6, 6.07) is 10.6. The molecule has 2 aromatic rings. The Labute approximate surface area is 95.9 Å². The number of aromatic nitrogens is 2. The number of nitrogens with two attached hydrogens (primary N) is 1. The van der Waals surface area contributed by atoms with Crippen LogP contribution in [0.4, 0.5) is 0 Å². The minimum atomic E-state index is 0.487. The molecule has 3 heteroatoms. The van der Waals surface area contributed by atoms with E-state index in [1.165, 1.54) is 11.1 Å². The van der Waals surface area contributed by atoms with Gasteiger partial charge in [0.1, 0.15) is 0 Å². The molecule has 0 saturated heterocycles. The van der Waals surface area contributed by atoms with E-state index in [4.69, 9.17) is 5.73 Å². The van der Waals surface area contributed by atoms with Crippen LogP contribution in [0.3, 0.4) is 0 Å². The lowest BCUT2D eigenvalue weighted by Gasteiger charge is -2.02. The number of benzene rings is 1. The highest BCUT2D eigenvalue weighted by Crippen LogP contribution is 2.20. The molecule has 0 aliphatic heterocycles. The third-order valence-corrected chi connectivity index (χ3v) is 2.80. The Hall–Kier alpha value is -1.61. The lowest BCUT2D eigenvalue weighted by Crippen LogP contribution is -1.98. The molecule has 0 spiro atoms. The van der Waals surface area contributed by atoms with Gasteiger partial charge in [0, 0.05) is 13.6 Å². The largest absolute Gasteiger partial charge is 0.325 e. The fourth-order valence-corrected chi connectivity index (χ4v) is 1.81. The highest BCUT2D eigenvalue weighted by Gasteiger charge is 2.05. The van der Waals surface area contributed by atoms with Crippen molar-refractivity contribution < 1.29 is 0 Å². The Morgan fingerprint density at radius 1 is 1.25 bits per heavy atom. The molecule has 0 bridgehead atoms. The molecule has 2 N–H and O–H groups in total. The highest BCUT2D eigenvalue weighted by atomic mass is 15.3. The van der Waals surface area contributed by atoms with Crippen molar-refractivity contribution in [1.29, 1.82) is 0 Å². The van der Waals surface area contributed by atoms with Crippen molar-refractivity contribution in [2.45, 2.75) is 19.9 Å². The van der Waals surface area contributed by atoms with Gasteiger partial charge in [-0.25, -0.2) is 0 Å². The van der Waals surface area contributed by atoms with Crippen molar-refractivity contribution in [2.75, 3.05) is 0 Å². The zero-order chi connectivity index (χ0) is 11.5. The summed E-state index contributed by atoms with van der Waals surface area (Å²) in [5.74, 6) is 0. The average molecular weight is 215 g/mol. The topological polar surface area (TPSA) is 43.8 Å². The molecule has 84 valence electrons. The first-order valence-corrected chi connectivity index (χ1v) is 5.57. The molecule has 16 heavy (non-hydrogen) atoms. The predicted octanol–water partition coefficient (Wildman–Crippen LogP) is 2.11. The maximum atomic E-state index is 5.58. The second-order valence-electron chi connectivity index (χ2n) is 3.90. The first-order chi connectivity index (χ1) is 7.74. The average Bonchev–Trinajstić information content (AvgIpc) is 2.71. The number of hydrogen-bond donors (Lipinski definition) is 1. The number of hydrogen-bond acceptors (Lipinski definition) is 2.